The van der Waals surface area contributed by atoms with Gasteiger partial charge in [0.1, 0.15) is 11.6 Å². The van der Waals surface area contributed by atoms with Gasteiger partial charge in [0, 0.05) is 0 Å². The molecular formula is C12H23NO2. The van der Waals surface area contributed by atoms with Crippen LogP contribution >= 0.6 is 0 Å². The molecule has 0 aliphatic heterocycles. The van der Waals surface area contributed by atoms with Crippen LogP contribution in [0.25, 0.3) is 0 Å². The highest BCUT2D eigenvalue weighted by Gasteiger charge is 2.41. The Labute approximate surface area is 92.8 Å². The number of hydrogen-bond acceptors (Lipinski definition) is 3. The van der Waals surface area contributed by atoms with Crippen LogP contribution in [0.1, 0.15) is 34.1 Å². The zero-order valence-corrected chi connectivity index (χ0v) is 10.7. The molecule has 88 valence electrons. The van der Waals surface area contributed by atoms with Crippen LogP contribution in [0.2, 0.25) is 0 Å². The fourth-order valence-corrected chi connectivity index (χ4v) is 1.59. The molecular weight excluding hydrogens is 190 g/mol. The Morgan fingerprint density at radius 1 is 1.47 bits per heavy atom. The number of ether oxygens (including phenoxy) is 1. The first-order valence-electron chi connectivity index (χ1n) is 5.65. The van der Waals surface area contributed by atoms with Gasteiger partial charge in [0.15, 0.2) is 0 Å². The number of hydrogen-bond donors (Lipinski definition) is 0. The van der Waals surface area contributed by atoms with Crippen molar-refractivity contribution in [1.29, 1.82) is 0 Å². The summed E-state index contributed by atoms with van der Waals surface area (Å²) in [5, 5.41) is 0. The van der Waals surface area contributed by atoms with Crippen molar-refractivity contribution in [1.82, 2.24) is 4.90 Å². The summed E-state index contributed by atoms with van der Waals surface area (Å²) < 4.78 is 5.49. The van der Waals surface area contributed by atoms with E-state index in [0.717, 1.165) is 5.92 Å². The van der Waals surface area contributed by atoms with E-state index in [4.69, 9.17) is 4.74 Å². The maximum absolute atomic E-state index is 11.9. The van der Waals surface area contributed by atoms with Crippen LogP contribution in [0.5, 0.6) is 0 Å². The van der Waals surface area contributed by atoms with Gasteiger partial charge in [-0.15, -0.1) is 0 Å². The molecule has 0 aromatic heterocycles. The second-order valence-electron chi connectivity index (χ2n) is 5.44. The number of likely N-dealkylation sites (N-methyl/N-ethyl adjacent to an activating group) is 1. The quantitative estimate of drug-likeness (QED) is 0.668. The smallest absolute Gasteiger partial charge is 0.326 e. The minimum atomic E-state index is -0.535. The fourth-order valence-electron chi connectivity index (χ4n) is 1.59. The molecule has 0 radical (unpaired) electrons. The van der Waals surface area contributed by atoms with Gasteiger partial charge in [0.05, 0.1) is 0 Å². The minimum absolute atomic E-state index is 0.0618. The zero-order valence-electron chi connectivity index (χ0n) is 10.7. The van der Waals surface area contributed by atoms with E-state index >= 15 is 0 Å². The largest absolute Gasteiger partial charge is 0.461 e. The highest BCUT2D eigenvalue weighted by atomic mass is 16.5. The van der Waals surface area contributed by atoms with E-state index in [1.54, 1.807) is 0 Å². The lowest BCUT2D eigenvalue weighted by Crippen LogP contribution is -2.47. The Bertz CT molecular complexity index is 248. The molecule has 0 bridgehead atoms. The first-order chi connectivity index (χ1) is 6.76. The molecule has 1 aliphatic carbocycles. The van der Waals surface area contributed by atoms with Crippen molar-refractivity contribution in [3.8, 4) is 0 Å². The van der Waals surface area contributed by atoms with E-state index in [0.29, 0.717) is 5.92 Å². The van der Waals surface area contributed by atoms with Crippen LogP contribution in [0.3, 0.4) is 0 Å². The second-order valence-corrected chi connectivity index (χ2v) is 5.44. The van der Waals surface area contributed by atoms with Crippen molar-refractivity contribution < 1.29 is 9.53 Å². The van der Waals surface area contributed by atoms with Crippen molar-refractivity contribution in [3.05, 3.63) is 0 Å². The van der Waals surface area contributed by atoms with Crippen molar-refractivity contribution in [2.45, 2.75) is 45.8 Å². The van der Waals surface area contributed by atoms with Crippen molar-refractivity contribution in [2.24, 2.45) is 11.8 Å². The molecule has 0 spiro atoms. The molecule has 0 N–H and O–H groups in total. The Hall–Kier alpha value is -0.570. The Morgan fingerprint density at radius 2 is 1.93 bits per heavy atom. The average Bonchev–Trinajstić information content (AvgIpc) is 2.82. The number of esters is 1. The van der Waals surface area contributed by atoms with E-state index in [2.05, 4.69) is 6.92 Å². The van der Waals surface area contributed by atoms with Gasteiger partial charge >= 0.3 is 5.97 Å². The highest BCUT2D eigenvalue weighted by molar-refractivity contribution is 5.79. The lowest BCUT2D eigenvalue weighted by atomic mass is 10.0. The molecule has 0 saturated heterocycles. The van der Waals surface area contributed by atoms with Crippen molar-refractivity contribution >= 4 is 5.97 Å². The minimum Gasteiger partial charge on any atom is -0.461 e. The maximum atomic E-state index is 11.9. The molecule has 1 rings (SSSR count). The van der Waals surface area contributed by atoms with E-state index < -0.39 is 5.54 Å². The molecule has 0 amide bonds. The van der Waals surface area contributed by atoms with Gasteiger partial charge in [-0.05, 0) is 53.1 Å². The summed E-state index contributed by atoms with van der Waals surface area (Å²) in [4.78, 5) is 13.8. The Kier molecular flexibility index (Phi) is 3.44. The molecule has 15 heavy (non-hydrogen) atoms. The molecule has 3 atom stereocenters. The van der Waals surface area contributed by atoms with Gasteiger partial charge in [-0.3, -0.25) is 9.69 Å². The van der Waals surface area contributed by atoms with E-state index in [1.165, 1.54) is 6.42 Å². The summed E-state index contributed by atoms with van der Waals surface area (Å²) in [6.07, 6.45) is 1.25. The van der Waals surface area contributed by atoms with Gasteiger partial charge in [0.2, 0.25) is 0 Å². The van der Waals surface area contributed by atoms with Gasteiger partial charge in [-0.2, -0.15) is 0 Å². The summed E-state index contributed by atoms with van der Waals surface area (Å²) in [5.41, 5.74) is -0.535. The molecule has 0 aromatic rings. The van der Waals surface area contributed by atoms with E-state index in [1.807, 2.05) is 39.8 Å². The summed E-state index contributed by atoms with van der Waals surface area (Å²) >= 11 is 0. The van der Waals surface area contributed by atoms with Crippen LogP contribution in [-0.4, -0.2) is 36.6 Å². The summed E-state index contributed by atoms with van der Waals surface area (Å²) in [7, 11) is 3.79. The Morgan fingerprint density at radius 3 is 2.27 bits per heavy atom. The van der Waals surface area contributed by atoms with Crippen LogP contribution in [-0.2, 0) is 9.53 Å². The second kappa shape index (κ2) is 4.12. The first kappa shape index (κ1) is 12.5. The summed E-state index contributed by atoms with van der Waals surface area (Å²) in [6, 6.07) is 0. The van der Waals surface area contributed by atoms with Gasteiger partial charge in [0.25, 0.3) is 0 Å². The first-order valence-corrected chi connectivity index (χ1v) is 5.65. The lowest BCUT2D eigenvalue weighted by molar-refractivity contribution is -0.160. The SMILES string of the molecule is CC1CC1C(C)OC(=O)C(C)(C)N(C)C. The van der Waals surface area contributed by atoms with Gasteiger partial charge in [-0.25, -0.2) is 0 Å². The standard InChI is InChI=1S/C12H23NO2/c1-8-7-10(8)9(2)15-11(14)12(3,4)13(5)6/h8-10H,7H2,1-6H3. The van der Waals surface area contributed by atoms with Crippen LogP contribution in [0.15, 0.2) is 0 Å². The highest BCUT2D eigenvalue weighted by Crippen LogP contribution is 2.41. The van der Waals surface area contributed by atoms with E-state index in [-0.39, 0.29) is 12.1 Å². The monoisotopic (exact) mass is 213 g/mol. The zero-order chi connectivity index (χ0) is 11.8. The Balaban J connectivity index is 2.48. The van der Waals surface area contributed by atoms with Crippen LogP contribution in [0.4, 0.5) is 0 Å². The third kappa shape index (κ3) is 2.71. The van der Waals surface area contributed by atoms with Crippen molar-refractivity contribution in [2.75, 3.05) is 14.1 Å². The molecule has 1 aliphatic rings. The molecule has 3 heteroatoms. The normalized spacial score (nSPS) is 27.7. The molecule has 3 unspecified atom stereocenters. The third-order valence-corrected chi connectivity index (χ3v) is 3.69. The third-order valence-electron chi connectivity index (χ3n) is 3.69. The lowest BCUT2D eigenvalue weighted by Gasteiger charge is -2.31. The van der Waals surface area contributed by atoms with E-state index in [9.17, 15) is 4.79 Å². The van der Waals surface area contributed by atoms with Gasteiger partial charge in [-0.1, -0.05) is 6.92 Å². The maximum Gasteiger partial charge on any atom is 0.326 e. The topological polar surface area (TPSA) is 29.5 Å². The van der Waals surface area contributed by atoms with Gasteiger partial charge < -0.3 is 4.74 Å². The van der Waals surface area contributed by atoms with Crippen molar-refractivity contribution in [3.63, 3.8) is 0 Å². The molecule has 0 heterocycles. The molecule has 0 aromatic carbocycles. The predicted molar refractivity (Wildman–Crippen MR) is 60.6 cm³/mol. The number of carbonyl (C=O) groups excluding carboxylic acids is 1. The number of carbonyl (C=O) groups is 1. The fraction of sp³-hybridized carbons (Fsp3) is 0.917. The van der Waals surface area contributed by atoms with Crippen LogP contribution in [0, 0.1) is 11.8 Å². The summed E-state index contributed by atoms with van der Waals surface area (Å²) in [6.45, 7) is 7.97. The number of nitrogens with zero attached hydrogens (tertiary/aromatic N) is 1. The molecule has 3 nitrogen and oxygen atoms in total. The predicted octanol–water partition coefficient (Wildman–Crippen LogP) is 1.91. The van der Waals surface area contributed by atoms with Crippen LogP contribution < -0.4 is 0 Å². The number of rotatable bonds is 4. The average molecular weight is 213 g/mol. The molecule has 1 saturated carbocycles. The summed E-state index contributed by atoms with van der Waals surface area (Å²) in [5.74, 6) is 1.17. The molecule has 1 fully saturated rings.